The maximum Gasteiger partial charge on any atom is 0.321 e. The second-order valence-electron chi connectivity index (χ2n) is 4.57. The number of fused-ring (bicyclic) bond motifs is 3. The summed E-state index contributed by atoms with van der Waals surface area (Å²) in [5.74, 6) is 0. The molecule has 4 nitrogen and oxygen atoms in total. The number of amides is 2. The molecule has 1 aliphatic carbocycles. The molecule has 2 N–H and O–H groups in total. The molecule has 0 saturated heterocycles. The van der Waals surface area contributed by atoms with E-state index in [0.29, 0.717) is 11.7 Å². The molecule has 0 spiro atoms. The molecule has 0 aliphatic heterocycles. The van der Waals surface area contributed by atoms with Crippen LogP contribution in [0.25, 0.3) is 11.3 Å². The van der Waals surface area contributed by atoms with Gasteiger partial charge in [0.2, 0.25) is 0 Å². The number of carbonyl (C=O) groups excluding carboxylic acids is 1. The number of nitrogens with zero attached hydrogens (tertiary/aromatic N) is 1. The highest BCUT2D eigenvalue weighted by molar-refractivity contribution is 7.16. The molecule has 1 heterocycles. The Hall–Kier alpha value is -2.14. The molecule has 2 amide bonds. The van der Waals surface area contributed by atoms with Gasteiger partial charge in [0.15, 0.2) is 5.13 Å². The fourth-order valence-corrected chi connectivity index (χ4v) is 3.28. The Labute approximate surface area is 121 Å². The summed E-state index contributed by atoms with van der Waals surface area (Å²) in [5.41, 5.74) is 3.52. The summed E-state index contributed by atoms with van der Waals surface area (Å²) in [6, 6.07) is 8.06. The fraction of sp³-hybridized carbons (Fsp3) is 0.200. The number of anilines is 1. The van der Waals surface area contributed by atoms with Crippen LogP contribution in [0.1, 0.15) is 10.4 Å². The molecule has 0 unspecified atom stereocenters. The van der Waals surface area contributed by atoms with Crippen molar-refractivity contribution >= 4 is 22.5 Å². The molecule has 1 aromatic heterocycles. The van der Waals surface area contributed by atoms with Gasteiger partial charge in [-0.3, -0.25) is 5.32 Å². The van der Waals surface area contributed by atoms with Crippen LogP contribution in [0.2, 0.25) is 0 Å². The summed E-state index contributed by atoms with van der Waals surface area (Å²) < 4.78 is 0. The summed E-state index contributed by atoms with van der Waals surface area (Å²) >= 11 is 1.55. The van der Waals surface area contributed by atoms with Gasteiger partial charge in [-0.2, -0.15) is 0 Å². The highest BCUT2D eigenvalue weighted by Gasteiger charge is 2.20. The minimum Gasteiger partial charge on any atom is -0.334 e. The average molecular weight is 285 g/mol. The molecule has 0 bridgehead atoms. The van der Waals surface area contributed by atoms with E-state index in [0.717, 1.165) is 18.5 Å². The van der Waals surface area contributed by atoms with Crippen LogP contribution in [0.15, 0.2) is 36.9 Å². The molecule has 102 valence electrons. The molecule has 1 aliphatic rings. The lowest BCUT2D eigenvalue weighted by Crippen LogP contribution is -2.28. The van der Waals surface area contributed by atoms with Gasteiger partial charge in [0.25, 0.3) is 0 Å². The number of benzene rings is 1. The van der Waals surface area contributed by atoms with E-state index < -0.39 is 0 Å². The van der Waals surface area contributed by atoms with E-state index in [4.69, 9.17) is 0 Å². The van der Waals surface area contributed by atoms with Gasteiger partial charge in [0.1, 0.15) is 0 Å². The quantitative estimate of drug-likeness (QED) is 0.851. The van der Waals surface area contributed by atoms with Crippen LogP contribution in [0, 0.1) is 0 Å². The molecule has 0 radical (unpaired) electrons. The van der Waals surface area contributed by atoms with Crippen molar-refractivity contribution in [2.45, 2.75) is 12.8 Å². The number of carbonyl (C=O) groups is 1. The Morgan fingerprint density at radius 2 is 2.25 bits per heavy atom. The van der Waals surface area contributed by atoms with Gasteiger partial charge in [-0.05, 0) is 18.4 Å². The van der Waals surface area contributed by atoms with Gasteiger partial charge in [-0.15, -0.1) is 17.9 Å². The fourth-order valence-electron chi connectivity index (χ4n) is 2.31. The summed E-state index contributed by atoms with van der Waals surface area (Å²) in [7, 11) is 0. The van der Waals surface area contributed by atoms with Crippen molar-refractivity contribution in [2.24, 2.45) is 0 Å². The number of aromatic nitrogens is 1. The first-order chi connectivity index (χ1) is 9.78. The third-order valence-corrected chi connectivity index (χ3v) is 4.25. The van der Waals surface area contributed by atoms with E-state index >= 15 is 0 Å². The van der Waals surface area contributed by atoms with Gasteiger partial charge >= 0.3 is 6.03 Å². The monoisotopic (exact) mass is 285 g/mol. The Bertz CT molecular complexity index is 663. The van der Waals surface area contributed by atoms with Crippen molar-refractivity contribution < 1.29 is 4.79 Å². The van der Waals surface area contributed by atoms with Gasteiger partial charge in [0.05, 0.1) is 5.69 Å². The van der Waals surface area contributed by atoms with Crippen LogP contribution in [-0.4, -0.2) is 17.6 Å². The van der Waals surface area contributed by atoms with E-state index in [2.05, 4.69) is 40.4 Å². The Balaban J connectivity index is 1.83. The number of hydrogen-bond acceptors (Lipinski definition) is 3. The summed E-state index contributed by atoms with van der Waals surface area (Å²) in [4.78, 5) is 17.4. The van der Waals surface area contributed by atoms with Crippen molar-refractivity contribution in [3.8, 4) is 11.3 Å². The number of rotatable bonds is 3. The maximum atomic E-state index is 11.6. The van der Waals surface area contributed by atoms with E-state index in [1.165, 1.54) is 16.0 Å². The zero-order valence-corrected chi connectivity index (χ0v) is 11.8. The smallest absolute Gasteiger partial charge is 0.321 e. The molecule has 0 atom stereocenters. The lowest BCUT2D eigenvalue weighted by Gasteiger charge is -2.13. The zero-order valence-electron chi connectivity index (χ0n) is 11.0. The normalized spacial score (nSPS) is 12.2. The molecule has 2 aromatic rings. The SMILES string of the molecule is C=CCNC(=O)Nc1nc2c(s1)CCc1ccccc1-2. The van der Waals surface area contributed by atoms with Gasteiger partial charge < -0.3 is 5.32 Å². The van der Waals surface area contributed by atoms with Gasteiger partial charge in [0, 0.05) is 17.0 Å². The Kier molecular flexibility index (Phi) is 3.52. The standard InChI is InChI=1S/C15H15N3OS/c1-2-9-16-14(19)18-15-17-13-11-6-4-3-5-10(11)7-8-12(13)20-15/h2-6H,1,7-9H2,(H2,16,17,18,19). The Morgan fingerprint density at radius 3 is 3.10 bits per heavy atom. The molecule has 1 aromatic carbocycles. The number of thiazole rings is 1. The summed E-state index contributed by atoms with van der Waals surface area (Å²) in [6.07, 6.45) is 3.66. The third-order valence-electron chi connectivity index (χ3n) is 3.22. The second kappa shape index (κ2) is 5.46. The maximum absolute atomic E-state index is 11.6. The van der Waals surface area contributed by atoms with E-state index in [-0.39, 0.29) is 6.03 Å². The van der Waals surface area contributed by atoms with Gasteiger partial charge in [-0.1, -0.05) is 30.3 Å². The van der Waals surface area contributed by atoms with Crippen LogP contribution >= 0.6 is 11.3 Å². The highest BCUT2D eigenvalue weighted by atomic mass is 32.1. The van der Waals surface area contributed by atoms with Crippen molar-refractivity contribution in [1.29, 1.82) is 0 Å². The molecule has 0 fully saturated rings. The third kappa shape index (κ3) is 2.44. The van der Waals surface area contributed by atoms with Crippen molar-refractivity contribution in [1.82, 2.24) is 10.3 Å². The highest BCUT2D eigenvalue weighted by Crippen LogP contribution is 2.37. The van der Waals surface area contributed by atoms with Crippen molar-refractivity contribution in [3.63, 3.8) is 0 Å². The second-order valence-corrected chi connectivity index (χ2v) is 5.66. The van der Waals surface area contributed by atoms with Crippen LogP contribution in [0.4, 0.5) is 9.93 Å². The van der Waals surface area contributed by atoms with Crippen LogP contribution < -0.4 is 10.6 Å². The lowest BCUT2D eigenvalue weighted by molar-refractivity contribution is 0.253. The lowest BCUT2D eigenvalue weighted by atomic mass is 9.94. The minimum atomic E-state index is -0.246. The summed E-state index contributed by atoms with van der Waals surface area (Å²) in [5, 5.41) is 6.10. The van der Waals surface area contributed by atoms with Crippen LogP contribution in [0.5, 0.6) is 0 Å². The van der Waals surface area contributed by atoms with Crippen molar-refractivity contribution in [2.75, 3.05) is 11.9 Å². The zero-order chi connectivity index (χ0) is 13.9. The van der Waals surface area contributed by atoms with Gasteiger partial charge in [-0.25, -0.2) is 9.78 Å². The predicted molar refractivity (Wildman–Crippen MR) is 82.2 cm³/mol. The Morgan fingerprint density at radius 1 is 1.40 bits per heavy atom. The number of hydrogen-bond donors (Lipinski definition) is 2. The number of nitrogens with one attached hydrogen (secondary N) is 2. The minimum absolute atomic E-state index is 0.246. The topological polar surface area (TPSA) is 54.0 Å². The molecular weight excluding hydrogens is 270 g/mol. The van der Waals surface area contributed by atoms with Crippen LogP contribution in [-0.2, 0) is 12.8 Å². The first-order valence-electron chi connectivity index (χ1n) is 6.51. The molecule has 5 heteroatoms. The molecule has 3 rings (SSSR count). The average Bonchev–Trinajstić information content (AvgIpc) is 2.88. The molecule has 0 saturated carbocycles. The number of urea groups is 1. The number of aryl methyl sites for hydroxylation is 2. The van der Waals surface area contributed by atoms with Crippen molar-refractivity contribution in [3.05, 3.63) is 47.4 Å². The largest absolute Gasteiger partial charge is 0.334 e. The first kappa shape index (κ1) is 12.9. The predicted octanol–water partition coefficient (Wildman–Crippen LogP) is 3.22. The van der Waals surface area contributed by atoms with E-state index in [1.54, 1.807) is 17.4 Å². The van der Waals surface area contributed by atoms with E-state index in [1.807, 2.05) is 6.07 Å². The first-order valence-corrected chi connectivity index (χ1v) is 7.33. The summed E-state index contributed by atoms with van der Waals surface area (Å²) in [6.45, 7) is 4.01. The molecular formula is C15H15N3OS. The van der Waals surface area contributed by atoms with E-state index in [9.17, 15) is 4.79 Å². The molecule has 20 heavy (non-hydrogen) atoms. The van der Waals surface area contributed by atoms with Crippen LogP contribution in [0.3, 0.4) is 0 Å².